The molecule has 2 rings (SSSR count). The Morgan fingerprint density at radius 1 is 1.64 bits per heavy atom. The number of carbonyl (C=O) groups excluding carboxylic acids is 1. The second kappa shape index (κ2) is 2.51. The molecule has 0 aliphatic carbocycles. The normalized spacial score (nSPS) is 16.0. The lowest BCUT2D eigenvalue weighted by Crippen LogP contribution is -2.22. The molecule has 1 N–H and O–H groups in total. The molecule has 0 saturated heterocycles. The molecule has 11 heavy (non-hydrogen) atoms. The van der Waals surface area contributed by atoms with Gasteiger partial charge in [-0.15, -0.1) is 0 Å². The lowest BCUT2D eigenvalue weighted by Gasteiger charge is -2.09. The van der Waals surface area contributed by atoms with Crippen molar-refractivity contribution in [2.45, 2.75) is 13.0 Å². The molecule has 1 aromatic heterocycles. The lowest BCUT2D eigenvalue weighted by atomic mass is 10.1. The maximum Gasteiger partial charge on any atom is 0.185 e. The van der Waals surface area contributed by atoms with Gasteiger partial charge in [0.2, 0.25) is 0 Å². The molecule has 0 atom stereocenters. The Morgan fingerprint density at radius 3 is 3.27 bits per heavy atom. The fourth-order valence-electron chi connectivity index (χ4n) is 1.33. The third-order valence-electron chi connectivity index (χ3n) is 1.89. The first kappa shape index (κ1) is 6.61. The van der Waals surface area contributed by atoms with Gasteiger partial charge in [-0.1, -0.05) is 0 Å². The van der Waals surface area contributed by atoms with Crippen molar-refractivity contribution in [3.05, 3.63) is 23.2 Å². The van der Waals surface area contributed by atoms with Crippen molar-refractivity contribution in [2.75, 3.05) is 6.54 Å². The van der Waals surface area contributed by atoms with Crippen LogP contribution in [0.5, 0.6) is 0 Å². The van der Waals surface area contributed by atoms with Crippen LogP contribution in [0.3, 0.4) is 0 Å². The molecule has 0 amide bonds. The minimum absolute atomic E-state index is 0.443. The third-order valence-corrected chi connectivity index (χ3v) is 1.89. The summed E-state index contributed by atoms with van der Waals surface area (Å²) >= 11 is 0. The molecular weight excluding hydrogens is 142 g/mol. The number of hydrogen-bond acceptors (Lipinski definition) is 3. The zero-order valence-electron chi connectivity index (χ0n) is 6.09. The smallest absolute Gasteiger partial charge is 0.185 e. The molecule has 3 nitrogen and oxygen atoms in total. The number of nitrogens with one attached hydrogen (secondary N) is 1. The summed E-state index contributed by atoms with van der Waals surface area (Å²) in [6.45, 7) is 1.73. The van der Waals surface area contributed by atoms with Crippen LogP contribution in [0.4, 0.5) is 0 Å². The standard InChI is InChI=1S/C8H9NO2/c10-5-7-3-6-1-2-9-4-8(6)11-7/h3,5,9H,1-2,4H2. The first-order chi connectivity index (χ1) is 5.40. The zero-order valence-corrected chi connectivity index (χ0v) is 6.09. The largest absolute Gasteiger partial charge is 0.457 e. The summed E-state index contributed by atoms with van der Waals surface area (Å²) in [4.78, 5) is 10.3. The summed E-state index contributed by atoms with van der Waals surface area (Å²) in [7, 11) is 0. The number of aldehydes is 1. The molecule has 0 fully saturated rings. The van der Waals surface area contributed by atoms with Crippen molar-refractivity contribution < 1.29 is 9.21 Å². The molecular formula is C8H9NO2. The van der Waals surface area contributed by atoms with Crippen molar-refractivity contribution in [3.8, 4) is 0 Å². The maximum absolute atomic E-state index is 10.3. The minimum Gasteiger partial charge on any atom is -0.457 e. The van der Waals surface area contributed by atoms with Crippen LogP contribution in [0.25, 0.3) is 0 Å². The van der Waals surface area contributed by atoms with Gasteiger partial charge in [-0.2, -0.15) is 0 Å². The summed E-state index contributed by atoms with van der Waals surface area (Å²) in [6, 6.07) is 1.82. The van der Waals surface area contributed by atoms with Crippen molar-refractivity contribution in [1.82, 2.24) is 5.32 Å². The van der Waals surface area contributed by atoms with E-state index in [-0.39, 0.29) is 0 Å². The highest BCUT2D eigenvalue weighted by Gasteiger charge is 2.13. The van der Waals surface area contributed by atoms with Crippen molar-refractivity contribution >= 4 is 6.29 Å². The Kier molecular flexibility index (Phi) is 1.51. The molecule has 3 heteroatoms. The Morgan fingerprint density at radius 2 is 2.55 bits per heavy atom. The molecule has 2 heterocycles. The van der Waals surface area contributed by atoms with Crippen LogP contribution in [0.1, 0.15) is 21.9 Å². The monoisotopic (exact) mass is 151 g/mol. The van der Waals surface area contributed by atoms with E-state index < -0.39 is 0 Å². The summed E-state index contributed by atoms with van der Waals surface area (Å²) in [6.07, 6.45) is 1.71. The molecule has 1 aliphatic heterocycles. The van der Waals surface area contributed by atoms with Crippen LogP contribution >= 0.6 is 0 Å². The maximum atomic E-state index is 10.3. The van der Waals surface area contributed by atoms with Gasteiger partial charge in [-0.05, 0) is 24.6 Å². The zero-order chi connectivity index (χ0) is 7.68. The van der Waals surface area contributed by atoms with E-state index in [1.807, 2.05) is 6.07 Å². The van der Waals surface area contributed by atoms with Gasteiger partial charge in [0, 0.05) is 0 Å². The molecule has 0 bridgehead atoms. The molecule has 0 unspecified atom stereocenters. The van der Waals surface area contributed by atoms with Gasteiger partial charge in [-0.25, -0.2) is 0 Å². The first-order valence-electron chi connectivity index (χ1n) is 3.67. The van der Waals surface area contributed by atoms with E-state index in [1.165, 1.54) is 5.56 Å². The number of furan rings is 1. The third kappa shape index (κ3) is 1.07. The predicted molar refractivity (Wildman–Crippen MR) is 39.5 cm³/mol. The molecule has 58 valence electrons. The molecule has 1 aromatic rings. The fourth-order valence-corrected chi connectivity index (χ4v) is 1.33. The highest BCUT2D eigenvalue weighted by molar-refractivity contribution is 5.71. The lowest BCUT2D eigenvalue weighted by molar-refractivity contribution is 0.109. The second-order valence-corrected chi connectivity index (χ2v) is 2.64. The predicted octanol–water partition coefficient (Wildman–Crippen LogP) is 0.738. The molecule has 0 spiro atoms. The van der Waals surface area contributed by atoms with Gasteiger partial charge in [0.1, 0.15) is 5.76 Å². The van der Waals surface area contributed by atoms with Crippen LogP contribution in [0.2, 0.25) is 0 Å². The van der Waals surface area contributed by atoms with Crippen LogP contribution in [-0.2, 0) is 13.0 Å². The van der Waals surface area contributed by atoms with Crippen molar-refractivity contribution in [1.29, 1.82) is 0 Å². The van der Waals surface area contributed by atoms with Gasteiger partial charge < -0.3 is 9.73 Å². The molecule has 1 aliphatic rings. The Hall–Kier alpha value is -1.09. The van der Waals surface area contributed by atoms with E-state index in [0.29, 0.717) is 5.76 Å². The quantitative estimate of drug-likeness (QED) is 0.602. The highest BCUT2D eigenvalue weighted by Crippen LogP contribution is 2.17. The Balaban J connectivity index is 2.39. The summed E-state index contributed by atoms with van der Waals surface area (Å²) in [5.74, 6) is 1.36. The number of fused-ring (bicyclic) bond motifs is 1. The Bertz CT molecular complexity index is 254. The van der Waals surface area contributed by atoms with E-state index >= 15 is 0 Å². The fraction of sp³-hybridized carbons (Fsp3) is 0.375. The molecule has 0 radical (unpaired) electrons. The van der Waals surface area contributed by atoms with Gasteiger partial charge in [0.25, 0.3) is 0 Å². The van der Waals surface area contributed by atoms with Gasteiger partial charge >= 0.3 is 0 Å². The molecule has 0 aromatic carbocycles. The Labute approximate surface area is 64.4 Å². The van der Waals surface area contributed by atoms with Gasteiger partial charge in [0.15, 0.2) is 12.0 Å². The van der Waals surface area contributed by atoms with E-state index in [9.17, 15) is 4.79 Å². The topological polar surface area (TPSA) is 42.2 Å². The van der Waals surface area contributed by atoms with Crippen LogP contribution < -0.4 is 5.32 Å². The van der Waals surface area contributed by atoms with Gasteiger partial charge in [-0.3, -0.25) is 4.79 Å². The molecule has 0 saturated carbocycles. The van der Waals surface area contributed by atoms with Crippen LogP contribution in [0.15, 0.2) is 10.5 Å². The minimum atomic E-state index is 0.443. The van der Waals surface area contributed by atoms with Crippen LogP contribution in [0, 0.1) is 0 Å². The summed E-state index contributed by atoms with van der Waals surface area (Å²) in [5, 5.41) is 3.17. The summed E-state index contributed by atoms with van der Waals surface area (Å²) < 4.78 is 5.22. The van der Waals surface area contributed by atoms with E-state index in [1.54, 1.807) is 0 Å². The summed E-state index contributed by atoms with van der Waals surface area (Å²) in [5.41, 5.74) is 1.17. The second-order valence-electron chi connectivity index (χ2n) is 2.64. The number of hydrogen-bond donors (Lipinski definition) is 1. The number of rotatable bonds is 1. The SMILES string of the molecule is O=Cc1cc2c(o1)CNCC2. The van der Waals surface area contributed by atoms with Gasteiger partial charge in [0.05, 0.1) is 6.54 Å². The highest BCUT2D eigenvalue weighted by atomic mass is 16.3. The van der Waals surface area contributed by atoms with E-state index in [4.69, 9.17) is 4.42 Å². The van der Waals surface area contributed by atoms with Crippen LogP contribution in [-0.4, -0.2) is 12.8 Å². The van der Waals surface area contributed by atoms with E-state index in [2.05, 4.69) is 5.32 Å². The first-order valence-corrected chi connectivity index (χ1v) is 3.67. The van der Waals surface area contributed by atoms with Crippen molar-refractivity contribution in [2.24, 2.45) is 0 Å². The van der Waals surface area contributed by atoms with Crippen molar-refractivity contribution in [3.63, 3.8) is 0 Å². The van der Waals surface area contributed by atoms with E-state index in [0.717, 1.165) is 31.6 Å². The average Bonchev–Trinajstić information content (AvgIpc) is 2.46. The average molecular weight is 151 g/mol. The number of carbonyl (C=O) groups is 1.